The minimum Gasteiger partial charge on any atom is -0.466 e. The lowest BCUT2D eigenvalue weighted by atomic mass is 10.1. The van der Waals surface area contributed by atoms with E-state index in [9.17, 15) is 19.7 Å². The van der Waals surface area contributed by atoms with Crippen LogP contribution in [0.5, 0.6) is 0 Å². The fourth-order valence-electron chi connectivity index (χ4n) is 2.00. The lowest BCUT2D eigenvalue weighted by Crippen LogP contribution is -2.12. The third-order valence-corrected chi connectivity index (χ3v) is 3.27. The molecule has 26 heavy (non-hydrogen) atoms. The van der Waals surface area contributed by atoms with Gasteiger partial charge in [-0.1, -0.05) is 0 Å². The van der Waals surface area contributed by atoms with Crippen LogP contribution < -0.4 is 5.43 Å². The van der Waals surface area contributed by atoms with Crippen molar-refractivity contribution in [2.75, 3.05) is 18.6 Å². The topological polar surface area (TPSA) is 120 Å². The molecule has 0 saturated carbocycles. The number of rotatable bonds is 11. The van der Waals surface area contributed by atoms with Gasteiger partial charge in [0.05, 0.1) is 36.7 Å². The van der Waals surface area contributed by atoms with E-state index < -0.39 is 4.92 Å². The van der Waals surface area contributed by atoms with Crippen LogP contribution in [0.3, 0.4) is 0 Å². The van der Waals surface area contributed by atoms with Crippen LogP contribution in [0.15, 0.2) is 29.4 Å². The van der Waals surface area contributed by atoms with Crippen molar-refractivity contribution < 1.29 is 24.0 Å². The molecule has 0 spiro atoms. The number of hydrogen-bond acceptors (Lipinski definition) is 8. The molecule has 0 saturated heterocycles. The summed E-state index contributed by atoms with van der Waals surface area (Å²) < 4.78 is 9.77. The summed E-state index contributed by atoms with van der Waals surface area (Å²) in [6.07, 6.45) is 0.964. The van der Waals surface area contributed by atoms with Gasteiger partial charge in [-0.25, -0.2) is 0 Å². The van der Waals surface area contributed by atoms with Gasteiger partial charge in [-0.15, -0.1) is 0 Å². The Morgan fingerprint density at radius 1 is 1.00 bits per heavy atom. The van der Waals surface area contributed by atoms with Crippen molar-refractivity contribution in [1.82, 2.24) is 0 Å². The average molecular weight is 365 g/mol. The smallest absolute Gasteiger partial charge is 0.306 e. The molecule has 1 aromatic carbocycles. The normalized spacial score (nSPS) is 9.92. The summed E-state index contributed by atoms with van der Waals surface area (Å²) in [4.78, 5) is 33.2. The van der Waals surface area contributed by atoms with E-state index >= 15 is 0 Å². The number of nitro groups is 1. The number of nitrogens with one attached hydrogen (secondary N) is 1. The number of carbonyl (C=O) groups is 2. The van der Waals surface area contributed by atoms with Crippen LogP contribution in [0.2, 0.25) is 0 Å². The van der Waals surface area contributed by atoms with Crippen LogP contribution in [-0.2, 0) is 19.1 Å². The maximum atomic E-state index is 11.5. The van der Waals surface area contributed by atoms with Crippen molar-refractivity contribution in [2.24, 2.45) is 5.10 Å². The minimum atomic E-state index is -0.489. The first-order chi connectivity index (χ1) is 12.5. The molecule has 9 nitrogen and oxygen atoms in total. The van der Waals surface area contributed by atoms with Gasteiger partial charge in [0, 0.05) is 17.8 Å². The van der Waals surface area contributed by atoms with Crippen LogP contribution in [0.1, 0.15) is 39.5 Å². The summed E-state index contributed by atoms with van der Waals surface area (Å²) in [5.74, 6) is -0.682. The Morgan fingerprint density at radius 3 is 1.92 bits per heavy atom. The summed E-state index contributed by atoms with van der Waals surface area (Å²) >= 11 is 0. The lowest BCUT2D eigenvalue weighted by Gasteiger charge is -2.08. The summed E-state index contributed by atoms with van der Waals surface area (Å²) in [6, 6.07) is 5.76. The molecule has 1 aromatic rings. The van der Waals surface area contributed by atoms with Crippen molar-refractivity contribution >= 4 is 29.0 Å². The second-order valence-electron chi connectivity index (χ2n) is 5.20. The molecule has 0 aliphatic heterocycles. The van der Waals surface area contributed by atoms with Gasteiger partial charge in [-0.2, -0.15) is 5.10 Å². The van der Waals surface area contributed by atoms with Crippen molar-refractivity contribution in [3.8, 4) is 0 Å². The first-order valence-corrected chi connectivity index (χ1v) is 8.33. The number of ether oxygens (including phenoxy) is 2. The number of non-ortho nitro benzene ring substituents is 1. The Morgan fingerprint density at radius 2 is 1.50 bits per heavy atom. The number of nitro benzene ring substituents is 1. The van der Waals surface area contributed by atoms with E-state index in [1.807, 2.05) is 0 Å². The summed E-state index contributed by atoms with van der Waals surface area (Å²) in [6.45, 7) is 4.05. The number of hydrazone groups is 1. The fraction of sp³-hybridized carbons (Fsp3) is 0.471. The number of nitrogens with zero attached hydrogens (tertiary/aromatic N) is 2. The SMILES string of the molecule is CCOC(=O)CCC(CCC(=O)OCC)=NNc1ccc([N+](=O)[O-])cc1. The third kappa shape index (κ3) is 8.22. The second kappa shape index (κ2) is 11.6. The van der Waals surface area contributed by atoms with Gasteiger partial charge in [-0.05, 0) is 38.8 Å². The Balaban J connectivity index is 2.70. The molecule has 142 valence electrons. The molecule has 0 amide bonds. The standard InChI is InChI=1S/C17H23N3O6/c1-3-25-16(21)11-7-14(8-12-17(22)26-4-2)19-18-13-5-9-15(10-6-13)20(23)24/h5-6,9-10,18H,3-4,7-8,11-12H2,1-2H3. The molecule has 0 heterocycles. The molecule has 1 rings (SSSR count). The van der Waals surface area contributed by atoms with Gasteiger partial charge in [0.15, 0.2) is 0 Å². The molecule has 0 fully saturated rings. The molecule has 9 heteroatoms. The maximum absolute atomic E-state index is 11.5. The van der Waals surface area contributed by atoms with Gasteiger partial charge in [0.1, 0.15) is 0 Å². The highest BCUT2D eigenvalue weighted by Gasteiger charge is 2.10. The molecule has 0 aliphatic carbocycles. The van der Waals surface area contributed by atoms with Gasteiger partial charge in [0.2, 0.25) is 0 Å². The minimum absolute atomic E-state index is 0.0237. The third-order valence-electron chi connectivity index (χ3n) is 3.27. The van der Waals surface area contributed by atoms with E-state index in [1.54, 1.807) is 13.8 Å². The van der Waals surface area contributed by atoms with E-state index in [1.165, 1.54) is 24.3 Å². The van der Waals surface area contributed by atoms with Crippen LogP contribution in [-0.4, -0.2) is 35.8 Å². The molecular weight excluding hydrogens is 342 g/mol. The summed E-state index contributed by atoms with van der Waals surface area (Å²) in [5.41, 5.74) is 3.92. The molecule has 0 radical (unpaired) electrons. The van der Waals surface area contributed by atoms with Gasteiger partial charge in [0.25, 0.3) is 5.69 Å². The first kappa shape index (κ1) is 21.1. The number of anilines is 1. The highest BCUT2D eigenvalue weighted by Crippen LogP contribution is 2.15. The Bertz CT molecular complexity index is 618. The number of benzene rings is 1. The predicted octanol–water partition coefficient (Wildman–Crippen LogP) is 3.05. The largest absolute Gasteiger partial charge is 0.466 e. The summed E-state index contributed by atoms with van der Waals surface area (Å²) in [5, 5.41) is 14.9. The zero-order valence-corrected chi connectivity index (χ0v) is 14.9. The first-order valence-electron chi connectivity index (χ1n) is 8.33. The van der Waals surface area contributed by atoms with E-state index in [-0.39, 0.29) is 30.5 Å². The molecule has 0 bridgehead atoms. The average Bonchev–Trinajstić information content (AvgIpc) is 2.62. The van der Waals surface area contributed by atoms with E-state index in [4.69, 9.17) is 9.47 Å². The fourth-order valence-corrected chi connectivity index (χ4v) is 2.00. The predicted molar refractivity (Wildman–Crippen MR) is 95.9 cm³/mol. The second-order valence-corrected chi connectivity index (χ2v) is 5.20. The van der Waals surface area contributed by atoms with Crippen molar-refractivity contribution in [3.63, 3.8) is 0 Å². The van der Waals surface area contributed by atoms with E-state index in [0.29, 0.717) is 37.5 Å². The zero-order valence-electron chi connectivity index (χ0n) is 14.9. The highest BCUT2D eigenvalue weighted by atomic mass is 16.6. The van der Waals surface area contributed by atoms with Crippen LogP contribution in [0.4, 0.5) is 11.4 Å². The molecule has 0 aliphatic rings. The van der Waals surface area contributed by atoms with Gasteiger partial charge in [-0.3, -0.25) is 25.1 Å². The summed E-state index contributed by atoms with van der Waals surface area (Å²) in [7, 11) is 0. The Hall–Kier alpha value is -2.97. The molecule has 0 atom stereocenters. The molecule has 1 N–H and O–H groups in total. The molecule has 0 aromatic heterocycles. The monoisotopic (exact) mass is 365 g/mol. The highest BCUT2D eigenvalue weighted by molar-refractivity contribution is 5.90. The van der Waals surface area contributed by atoms with E-state index in [0.717, 1.165) is 0 Å². The van der Waals surface area contributed by atoms with Crippen LogP contribution in [0, 0.1) is 10.1 Å². The molecule has 0 unspecified atom stereocenters. The van der Waals surface area contributed by atoms with Crippen molar-refractivity contribution in [1.29, 1.82) is 0 Å². The Kier molecular flexibility index (Phi) is 9.37. The Labute approximate surface area is 151 Å². The maximum Gasteiger partial charge on any atom is 0.306 e. The van der Waals surface area contributed by atoms with Crippen molar-refractivity contribution in [2.45, 2.75) is 39.5 Å². The van der Waals surface area contributed by atoms with E-state index in [2.05, 4.69) is 10.5 Å². The zero-order chi connectivity index (χ0) is 19.4. The lowest BCUT2D eigenvalue weighted by molar-refractivity contribution is -0.384. The number of hydrogen-bond donors (Lipinski definition) is 1. The molecular formula is C17H23N3O6. The van der Waals surface area contributed by atoms with Crippen LogP contribution >= 0.6 is 0 Å². The van der Waals surface area contributed by atoms with Crippen molar-refractivity contribution in [3.05, 3.63) is 34.4 Å². The van der Waals surface area contributed by atoms with Gasteiger partial charge >= 0.3 is 11.9 Å². The van der Waals surface area contributed by atoms with Gasteiger partial charge < -0.3 is 9.47 Å². The number of carbonyl (C=O) groups excluding carboxylic acids is 2. The number of esters is 2. The quantitative estimate of drug-likeness (QED) is 0.277. The van der Waals surface area contributed by atoms with Crippen LogP contribution in [0.25, 0.3) is 0 Å².